The first-order chi connectivity index (χ1) is 8.22. The Balaban J connectivity index is 3.33. The van der Waals surface area contributed by atoms with Gasteiger partial charge in [-0.2, -0.15) is 0 Å². The largest absolute Gasteiger partial charge is 0.330 e. The quantitative estimate of drug-likeness (QED) is 0.859. The van der Waals surface area contributed by atoms with Gasteiger partial charge in [-0.05, 0) is 73.9 Å². The molecular weight excluding hydrogens is 220 g/mol. The van der Waals surface area contributed by atoms with Crippen molar-refractivity contribution >= 4 is 0 Å². The molecule has 0 amide bonds. The van der Waals surface area contributed by atoms with Crippen LogP contribution in [0.4, 0.5) is 0 Å². The molecule has 4 N–H and O–H groups in total. The van der Waals surface area contributed by atoms with Crippen molar-refractivity contribution in [3.05, 3.63) is 33.9 Å². The average molecular weight is 248 g/mol. The molecule has 1 rings (SSSR count). The molecule has 1 atom stereocenters. The van der Waals surface area contributed by atoms with Crippen molar-refractivity contribution in [2.45, 2.75) is 54.0 Å². The third kappa shape index (κ3) is 2.76. The van der Waals surface area contributed by atoms with Crippen LogP contribution in [0.5, 0.6) is 0 Å². The molecule has 0 aliphatic rings. The maximum absolute atomic E-state index is 6.54. The fraction of sp³-hybridized carbons (Fsp3) is 0.625. The first-order valence-electron chi connectivity index (χ1n) is 6.75. The van der Waals surface area contributed by atoms with E-state index in [1.165, 1.54) is 27.8 Å². The van der Waals surface area contributed by atoms with E-state index in [4.69, 9.17) is 11.5 Å². The van der Waals surface area contributed by atoms with Crippen molar-refractivity contribution in [2.75, 3.05) is 6.54 Å². The van der Waals surface area contributed by atoms with E-state index in [9.17, 15) is 0 Å². The van der Waals surface area contributed by atoms with Crippen LogP contribution in [0.1, 0.15) is 54.1 Å². The highest BCUT2D eigenvalue weighted by molar-refractivity contribution is 5.46. The molecule has 0 fully saturated rings. The molecule has 0 saturated heterocycles. The summed E-state index contributed by atoms with van der Waals surface area (Å²) in [7, 11) is 0. The Morgan fingerprint density at radius 3 is 1.89 bits per heavy atom. The molecule has 0 radical (unpaired) electrons. The molecule has 1 unspecified atom stereocenters. The van der Waals surface area contributed by atoms with Gasteiger partial charge in [0, 0.05) is 6.04 Å². The zero-order valence-corrected chi connectivity index (χ0v) is 12.7. The smallest absolute Gasteiger partial charge is 0.0352 e. The molecule has 0 aromatic heterocycles. The predicted molar refractivity (Wildman–Crippen MR) is 79.8 cm³/mol. The summed E-state index contributed by atoms with van der Waals surface area (Å²) in [6.45, 7) is 13.8. The van der Waals surface area contributed by atoms with Crippen molar-refractivity contribution in [1.82, 2.24) is 0 Å². The Morgan fingerprint density at radius 1 is 1.06 bits per heavy atom. The Morgan fingerprint density at radius 2 is 1.50 bits per heavy atom. The highest BCUT2D eigenvalue weighted by Crippen LogP contribution is 2.38. The van der Waals surface area contributed by atoms with E-state index in [1.807, 2.05) is 0 Å². The number of nitrogens with two attached hydrogens (primary N) is 2. The Hall–Kier alpha value is -0.860. The van der Waals surface area contributed by atoms with Gasteiger partial charge in [0.05, 0.1) is 0 Å². The van der Waals surface area contributed by atoms with Gasteiger partial charge in [0.1, 0.15) is 0 Å². The van der Waals surface area contributed by atoms with Crippen LogP contribution in [0, 0.1) is 33.1 Å². The second-order valence-electron chi connectivity index (χ2n) is 6.18. The van der Waals surface area contributed by atoms with Crippen LogP contribution in [-0.2, 0) is 0 Å². The topological polar surface area (TPSA) is 52.0 Å². The number of aryl methyl sites for hydroxylation is 2. The molecule has 0 aliphatic carbocycles. The number of rotatable bonds is 4. The van der Waals surface area contributed by atoms with E-state index in [-0.39, 0.29) is 11.5 Å². The van der Waals surface area contributed by atoms with Gasteiger partial charge in [0.15, 0.2) is 0 Å². The van der Waals surface area contributed by atoms with Crippen LogP contribution in [0.15, 0.2) is 6.07 Å². The van der Waals surface area contributed by atoms with E-state index in [0.29, 0.717) is 6.54 Å². The summed E-state index contributed by atoms with van der Waals surface area (Å²) in [5.41, 5.74) is 18.9. The zero-order chi connectivity index (χ0) is 14.1. The third-order valence-corrected chi connectivity index (χ3v) is 4.37. The van der Waals surface area contributed by atoms with E-state index >= 15 is 0 Å². The van der Waals surface area contributed by atoms with E-state index in [1.54, 1.807) is 0 Å². The molecule has 0 heterocycles. The van der Waals surface area contributed by atoms with Crippen LogP contribution in [0.2, 0.25) is 0 Å². The van der Waals surface area contributed by atoms with Gasteiger partial charge < -0.3 is 11.5 Å². The normalized spacial score (nSPS) is 13.8. The highest BCUT2D eigenvalue weighted by Gasteiger charge is 2.29. The van der Waals surface area contributed by atoms with Crippen LogP contribution in [-0.4, -0.2) is 6.54 Å². The van der Waals surface area contributed by atoms with Gasteiger partial charge in [-0.25, -0.2) is 0 Å². The monoisotopic (exact) mass is 248 g/mol. The van der Waals surface area contributed by atoms with Crippen molar-refractivity contribution in [2.24, 2.45) is 16.9 Å². The minimum atomic E-state index is 0.0322. The summed E-state index contributed by atoms with van der Waals surface area (Å²) in [5.74, 6) is 0. The summed E-state index contributed by atoms with van der Waals surface area (Å²) in [6, 6.07) is 2.29. The Labute approximate surface area is 112 Å². The molecule has 0 spiro atoms. The molecule has 102 valence electrons. The molecule has 1 aromatic carbocycles. The maximum Gasteiger partial charge on any atom is 0.0352 e. The summed E-state index contributed by atoms with van der Waals surface area (Å²) >= 11 is 0. The lowest BCUT2D eigenvalue weighted by atomic mass is 9.75. The molecule has 0 bridgehead atoms. The maximum atomic E-state index is 6.54. The first kappa shape index (κ1) is 15.2. The van der Waals surface area contributed by atoms with E-state index in [0.717, 1.165) is 6.42 Å². The van der Waals surface area contributed by atoms with Gasteiger partial charge in [0.2, 0.25) is 0 Å². The number of hydrogen-bond acceptors (Lipinski definition) is 2. The zero-order valence-electron chi connectivity index (χ0n) is 12.7. The van der Waals surface area contributed by atoms with Crippen molar-refractivity contribution in [1.29, 1.82) is 0 Å². The summed E-state index contributed by atoms with van der Waals surface area (Å²) in [5, 5.41) is 0. The van der Waals surface area contributed by atoms with Crippen LogP contribution >= 0.6 is 0 Å². The highest BCUT2D eigenvalue weighted by atomic mass is 14.7. The summed E-state index contributed by atoms with van der Waals surface area (Å²) in [4.78, 5) is 0. The van der Waals surface area contributed by atoms with Gasteiger partial charge in [-0.3, -0.25) is 0 Å². The molecule has 18 heavy (non-hydrogen) atoms. The lowest BCUT2D eigenvalue weighted by Crippen LogP contribution is -2.32. The molecule has 0 saturated carbocycles. The minimum Gasteiger partial charge on any atom is -0.330 e. The van der Waals surface area contributed by atoms with Gasteiger partial charge >= 0.3 is 0 Å². The van der Waals surface area contributed by atoms with E-state index in [2.05, 4.69) is 47.6 Å². The lowest BCUT2D eigenvalue weighted by molar-refractivity contribution is 0.269. The van der Waals surface area contributed by atoms with Crippen molar-refractivity contribution in [3.63, 3.8) is 0 Å². The van der Waals surface area contributed by atoms with Crippen molar-refractivity contribution in [3.8, 4) is 0 Å². The van der Waals surface area contributed by atoms with Gasteiger partial charge in [-0.1, -0.05) is 19.9 Å². The summed E-state index contributed by atoms with van der Waals surface area (Å²) < 4.78 is 0. The number of benzene rings is 1. The SMILES string of the molecule is Cc1cc(C)c(C)c(C(N)C(C)(C)CCN)c1C. The summed E-state index contributed by atoms with van der Waals surface area (Å²) in [6.07, 6.45) is 0.944. The van der Waals surface area contributed by atoms with Crippen molar-refractivity contribution < 1.29 is 0 Å². The predicted octanol–water partition coefficient (Wildman–Crippen LogP) is 3.30. The van der Waals surface area contributed by atoms with E-state index < -0.39 is 0 Å². The third-order valence-electron chi connectivity index (χ3n) is 4.37. The van der Waals surface area contributed by atoms with Crippen LogP contribution < -0.4 is 11.5 Å². The molecule has 2 heteroatoms. The lowest BCUT2D eigenvalue weighted by Gasteiger charge is -2.34. The first-order valence-corrected chi connectivity index (χ1v) is 6.75. The Bertz CT molecular complexity index is 407. The molecule has 1 aromatic rings. The molecule has 2 nitrogen and oxygen atoms in total. The fourth-order valence-electron chi connectivity index (χ4n) is 2.63. The molecular formula is C16H28N2. The second-order valence-corrected chi connectivity index (χ2v) is 6.18. The Kier molecular flexibility index (Phi) is 4.57. The standard InChI is InChI=1S/C16H28N2/c1-10-9-11(2)13(4)14(12(10)3)15(18)16(5,6)7-8-17/h9,15H,7-8,17-18H2,1-6H3. The van der Waals surface area contributed by atoms with Gasteiger partial charge in [-0.15, -0.1) is 0 Å². The fourth-order valence-corrected chi connectivity index (χ4v) is 2.63. The van der Waals surface area contributed by atoms with Gasteiger partial charge in [0.25, 0.3) is 0 Å². The van der Waals surface area contributed by atoms with Crippen LogP contribution in [0.3, 0.4) is 0 Å². The number of hydrogen-bond donors (Lipinski definition) is 2. The average Bonchev–Trinajstić information content (AvgIpc) is 2.26. The molecule has 0 aliphatic heterocycles. The minimum absolute atomic E-state index is 0.0322. The second kappa shape index (κ2) is 5.41. The van der Waals surface area contributed by atoms with Crippen LogP contribution in [0.25, 0.3) is 0 Å².